The number of fused-ring (bicyclic) bond motifs is 5. The second kappa shape index (κ2) is 5.46. The summed E-state index contributed by atoms with van der Waals surface area (Å²) in [7, 11) is 0. The van der Waals surface area contributed by atoms with Crippen LogP contribution in [0.2, 0.25) is 0 Å². The molecule has 0 unspecified atom stereocenters. The van der Waals surface area contributed by atoms with Gasteiger partial charge >= 0.3 is 5.97 Å². The van der Waals surface area contributed by atoms with Gasteiger partial charge in [0, 0.05) is 28.3 Å². The number of cyclic esters (lactones) is 1. The van der Waals surface area contributed by atoms with E-state index in [1.807, 2.05) is 24.3 Å². The number of hydrogen-bond donors (Lipinski definition) is 2. The van der Waals surface area contributed by atoms with Crippen LogP contribution in [-0.2, 0) is 26.3 Å². The molecule has 0 amide bonds. The average molecular weight is 473 g/mol. The predicted molar refractivity (Wildman–Crippen MR) is 106 cm³/mol. The van der Waals surface area contributed by atoms with Gasteiger partial charge in [0.15, 0.2) is 0 Å². The number of benzene rings is 1. The van der Waals surface area contributed by atoms with Gasteiger partial charge in [0.2, 0.25) is 3.61 Å². The van der Waals surface area contributed by atoms with E-state index in [-0.39, 0.29) is 29.8 Å². The number of hydrogen-bond acceptors (Lipinski definition) is 6. The molecule has 0 aliphatic carbocycles. The standard InChI is InChI=1S/C19H12IN3O4/c20-19(26)13-5-15-16-11(7-23(15)17(24)12(13)8-27-18(19)25)10(6-21)9-3-1-2-4-14(9)22-16/h1-6,21,26H,7-8H2/t19-/m0/s1. The smallest absolute Gasteiger partial charge is 0.353 e. The number of aliphatic hydroxyl groups is 1. The van der Waals surface area contributed by atoms with Crippen molar-refractivity contribution in [2.24, 2.45) is 0 Å². The highest BCUT2D eigenvalue weighted by atomic mass is 127. The van der Waals surface area contributed by atoms with Gasteiger partial charge in [0.25, 0.3) is 5.56 Å². The molecule has 134 valence electrons. The number of pyridine rings is 2. The van der Waals surface area contributed by atoms with Gasteiger partial charge in [0.1, 0.15) is 6.61 Å². The highest BCUT2D eigenvalue weighted by Crippen LogP contribution is 2.41. The van der Waals surface area contributed by atoms with Gasteiger partial charge in [-0.25, -0.2) is 9.78 Å². The van der Waals surface area contributed by atoms with Crippen LogP contribution >= 0.6 is 22.6 Å². The molecule has 2 aliphatic rings. The number of rotatable bonds is 1. The van der Waals surface area contributed by atoms with Crippen molar-refractivity contribution in [1.82, 2.24) is 9.55 Å². The Morgan fingerprint density at radius 1 is 1.30 bits per heavy atom. The maximum absolute atomic E-state index is 13.0. The number of halogens is 1. The first kappa shape index (κ1) is 16.6. The topological polar surface area (TPSA) is 105 Å². The average Bonchev–Trinajstić information content (AvgIpc) is 3.02. The Balaban J connectivity index is 1.87. The van der Waals surface area contributed by atoms with E-state index in [0.717, 1.165) is 16.5 Å². The number of aromatic nitrogens is 2. The molecule has 0 radical (unpaired) electrons. The molecule has 1 atom stereocenters. The van der Waals surface area contributed by atoms with Gasteiger partial charge in [-0.2, -0.15) is 0 Å². The molecule has 5 rings (SSSR count). The number of nitrogens with zero attached hydrogens (tertiary/aromatic N) is 2. The van der Waals surface area contributed by atoms with E-state index in [0.29, 0.717) is 17.0 Å². The van der Waals surface area contributed by atoms with Gasteiger partial charge in [-0.05, 0) is 34.7 Å². The minimum absolute atomic E-state index is 0.165. The van der Waals surface area contributed by atoms with E-state index in [2.05, 4.69) is 0 Å². The molecule has 7 nitrogen and oxygen atoms in total. The summed E-state index contributed by atoms with van der Waals surface area (Å²) < 4.78 is 4.63. The zero-order chi connectivity index (χ0) is 18.9. The summed E-state index contributed by atoms with van der Waals surface area (Å²) in [5.74, 6) is -0.787. The van der Waals surface area contributed by atoms with E-state index in [1.165, 1.54) is 6.21 Å². The minimum Gasteiger partial charge on any atom is -0.458 e. The lowest BCUT2D eigenvalue weighted by atomic mass is 9.99. The van der Waals surface area contributed by atoms with Gasteiger partial charge < -0.3 is 19.8 Å². The molecular formula is C19H12IN3O4. The third-order valence-corrected chi connectivity index (χ3v) is 6.14. The van der Waals surface area contributed by atoms with Gasteiger partial charge in [-0.1, -0.05) is 18.2 Å². The molecule has 0 bridgehead atoms. The first-order valence-corrected chi connectivity index (χ1v) is 9.29. The second-order valence-corrected chi connectivity index (χ2v) is 8.09. The van der Waals surface area contributed by atoms with E-state index in [9.17, 15) is 14.7 Å². The molecule has 2 N–H and O–H groups in total. The van der Waals surface area contributed by atoms with E-state index in [1.54, 1.807) is 33.2 Å². The largest absolute Gasteiger partial charge is 0.458 e. The summed E-state index contributed by atoms with van der Waals surface area (Å²) in [6, 6.07) is 9.15. The number of ether oxygens (including phenoxy) is 1. The molecule has 0 saturated heterocycles. The summed E-state index contributed by atoms with van der Waals surface area (Å²) in [6.45, 7) is 0.120. The van der Waals surface area contributed by atoms with Crippen LogP contribution in [0.5, 0.6) is 0 Å². The van der Waals surface area contributed by atoms with Crippen LogP contribution < -0.4 is 5.56 Å². The summed E-state index contributed by atoms with van der Waals surface area (Å²) in [5.41, 5.74) is 3.55. The van der Waals surface area contributed by atoms with Crippen LogP contribution in [0.4, 0.5) is 0 Å². The monoisotopic (exact) mass is 473 g/mol. The summed E-state index contributed by atoms with van der Waals surface area (Å²) in [5, 5.41) is 19.3. The third kappa shape index (κ3) is 2.10. The molecule has 2 aliphatic heterocycles. The van der Waals surface area contributed by atoms with Crippen LogP contribution in [0.15, 0.2) is 35.1 Å². The lowest BCUT2D eigenvalue weighted by Gasteiger charge is -2.27. The van der Waals surface area contributed by atoms with Crippen LogP contribution in [0.3, 0.4) is 0 Å². The lowest BCUT2D eigenvalue weighted by Crippen LogP contribution is -2.40. The zero-order valence-corrected chi connectivity index (χ0v) is 16.0. The Labute approximate surface area is 166 Å². The number of para-hydroxylation sites is 1. The lowest BCUT2D eigenvalue weighted by molar-refractivity contribution is -0.159. The number of carbonyl (C=O) groups is 1. The minimum atomic E-state index is -1.91. The molecule has 0 saturated carbocycles. The van der Waals surface area contributed by atoms with Crippen LogP contribution in [0, 0.1) is 5.41 Å². The molecule has 27 heavy (non-hydrogen) atoms. The molecule has 4 heterocycles. The number of nitrogens with one attached hydrogen (secondary N) is 1. The Morgan fingerprint density at radius 3 is 2.85 bits per heavy atom. The fourth-order valence-electron chi connectivity index (χ4n) is 3.79. The normalized spacial score (nSPS) is 20.0. The maximum Gasteiger partial charge on any atom is 0.353 e. The van der Waals surface area contributed by atoms with Gasteiger partial charge in [0.05, 0.1) is 29.0 Å². The molecule has 1 aromatic carbocycles. The van der Waals surface area contributed by atoms with E-state index >= 15 is 0 Å². The van der Waals surface area contributed by atoms with Crippen molar-refractivity contribution in [2.75, 3.05) is 0 Å². The SMILES string of the molecule is N=Cc1c2c(nc3ccccc13)-c1cc3c(c(=O)n1C2)COC(=O)[C@]3(O)I. The third-order valence-electron chi connectivity index (χ3n) is 5.12. The molecule has 8 heteroatoms. The number of alkyl halides is 1. The quantitative estimate of drug-likeness (QED) is 0.191. The first-order chi connectivity index (χ1) is 12.9. The Bertz CT molecular complexity index is 1250. The van der Waals surface area contributed by atoms with Crippen LogP contribution in [0.25, 0.3) is 22.3 Å². The summed E-state index contributed by atoms with van der Waals surface area (Å²) in [6.07, 6.45) is 1.28. The van der Waals surface area contributed by atoms with Crippen molar-refractivity contribution >= 4 is 45.7 Å². The van der Waals surface area contributed by atoms with Crippen LogP contribution in [-0.4, -0.2) is 26.8 Å². The second-order valence-electron chi connectivity index (χ2n) is 6.53. The Kier molecular flexibility index (Phi) is 3.35. The van der Waals surface area contributed by atoms with Crippen molar-refractivity contribution < 1.29 is 14.6 Å². The fourth-order valence-corrected chi connectivity index (χ4v) is 4.43. The molecule has 0 fully saturated rings. The molecule has 3 aromatic rings. The Hall–Kier alpha value is -2.59. The van der Waals surface area contributed by atoms with E-state index < -0.39 is 9.58 Å². The highest BCUT2D eigenvalue weighted by molar-refractivity contribution is 14.1. The number of esters is 1. The van der Waals surface area contributed by atoms with Crippen molar-refractivity contribution in [1.29, 1.82) is 5.41 Å². The maximum atomic E-state index is 13.0. The van der Waals surface area contributed by atoms with Crippen molar-refractivity contribution in [2.45, 2.75) is 16.8 Å². The molecular weight excluding hydrogens is 461 g/mol. The first-order valence-electron chi connectivity index (χ1n) is 8.21. The molecule has 0 spiro atoms. The van der Waals surface area contributed by atoms with Crippen molar-refractivity contribution in [3.05, 3.63) is 62.9 Å². The zero-order valence-electron chi connectivity index (χ0n) is 13.8. The Morgan fingerprint density at radius 2 is 2.07 bits per heavy atom. The summed E-state index contributed by atoms with van der Waals surface area (Å²) in [4.78, 5) is 29.7. The van der Waals surface area contributed by atoms with Gasteiger partial charge in [-0.15, -0.1) is 0 Å². The number of carbonyl (C=O) groups excluding carboxylic acids is 1. The molecule has 2 aromatic heterocycles. The highest BCUT2D eigenvalue weighted by Gasteiger charge is 2.44. The fraction of sp³-hybridized carbons (Fsp3) is 0.158. The van der Waals surface area contributed by atoms with Gasteiger partial charge in [-0.3, -0.25) is 4.79 Å². The van der Waals surface area contributed by atoms with Crippen molar-refractivity contribution in [3.8, 4) is 11.4 Å². The van der Waals surface area contributed by atoms with E-state index in [4.69, 9.17) is 15.1 Å². The van der Waals surface area contributed by atoms with Crippen LogP contribution in [0.1, 0.15) is 22.3 Å². The summed E-state index contributed by atoms with van der Waals surface area (Å²) >= 11 is 1.59. The predicted octanol–water partition coefficient (Wildman–Crippen LogP) is 2.06. The van der Waals surface area contributed by atoms with Crippen molar-refractivity contribution in [3.63, 3.8) is 0 Å².